The van der Waals surface area contributed by atoms with Gasteiger partial charge in [-0.2, -0.15) is 0 Å². The van der Waals surface area contributed by atoms with Crippen molar-refractivity contribution < 1.29 is 14.0 Å². The quantitative estimate of drug-likeness (QED) is 0.767. The minimum Gasteiger partial charge on any atom is -0.277 e. The van der Waals surface area contributed by atoms with Crippen LogP contribution in [0.15, 0.2) is 24.3 Å². The van der Waals surface area contributed by atoms with Crippen molar-refractivity contribution in [3.8, 4) is 0 Å². The van der Waals surface area contributed by atoms with Crippen molar-refractivity contribution in [3.05, 3.63) is 35.6 Å². The van der Waals surface area contributed by atoms with Gasteiger partial charge < -0.3 is 0 Å². The van der Waals surface area contributed by atoms with E-state index in [1.807, 2.05) is 0 Å². The summed E-state index contributed by atoms with van der Waals surface area (Å²) in [5.41, 5.74) is 2.02. The third kappa shape index (κ3) is 1.61. The highest BCUT2D eigenvalue weighted by atomic mass is 19.1. The second kappa shape index (κ2) is 3.62. The SMILES string of the molecule is CONC(=O)C1(c2ccccc2F)CC1. The molecule has 0 heterocycles. The lowest BCUT2D eigenvalue weighted by atomic mass is 9.95. The molecule has 0 aliphatic heterocycles. The van der Waals surface area contributed by atoms with Gasteiger partial charge in [0.05, 0.1) is 12.5 Å². The van der Waals surface area contributed by atoms with Gasteiger partial charge in [-0.1, -0.05) is 18.2 Å². The van der Waals surface area contributed by atoms with Gasteiger partial charge in [-0.15, -0.1) is 0 Å². The number of hydrogen-bond donors (Lipinski definition) is 1. The molecule has 4 heteroatoms. The number of benzene rings is 1. The maximum Gasteiger partial charge on any atom is 0.254 e. The highest BCUT2D eigenvalue weighted by Gasteiger charge is 2.52. The van der Waals surface area contributed by atoms with E-state index in [-0.39, 0.29) is 11.7 Å². The number of hydroxylamine groups is 1. The van der Waals surface area contributed by atoms with E-state index in [0.717, 1.165) is 0 Å². The van der Waals surface area contributed by atoms with Gasteiger partial charge in [-0.25, -0.2) is 9.87 Å². The largest absolute Gasteiger partial charge is 0.277 e. The van der Waals surface area contributed by atoms with Crippen LogP contribution >= 0.6 is 0 Å². The molecular formula is C11H12FNO2. The Kier molecular flexibility index (Phi) is 2.44. The summed E-state index contributed by atoms with van der Waals surface area (Å²) in [6.07, 6.45) is 1.34. The van der Waals surface area contributed by atoms with Crippen LogP contribution in [-0.4, -0.2) is 13.0 Å². The first kappa shape index (κ1) is 10.1. The molecule has 1 fully saturated rings. The van der Waals surface area contributed by atoms with Crippen molar-refractivity contribution in [1.82, 2.24) is 5.48 Å². The standard InChI is InChI=1S/C11H12FNO2/c1-15-13-10(14)11(6-7-11)8-4-2-3-5-9(8)12/h2-5H,6-7H2,1H3,(H,13,14). The van der Waals surface area contributed by atoms with Gasteiger partial charge in [-0.05, 0) is 18.9 Å². The number of carbonyl (C=O) groups excluding carboxylic acids is 1. The zero-order valence-corrected chi connectivity index (χ0v) is 8.42. The Bertz CT molecular complexity index is 388. The number of amides is 1. The molecule has 1 saturated carbocycles. The van der Waals surface area contributed by atoms with Crippen LogP contribution in [-0.2, 0) is 15.0 Å². The summed E-state index contributed by atoms with van der Waals surface area (Å²) in [6, 6.07) is 6.37. The average Bonchev–Trinajstić information content (AvgIpc) is 3.00. The van der Waals surface area contributed by atoms with E-state index in [2.05, 4.69) is 10.3 Å². The van der Waals surface area contributed by atoms with E-state index in [0.29, 0.717) is 18.4 Å². The van der Waals surface area contributed by atoms with Gasteiger partial charge in [-0.3, -0.25) is 9.63 Å². The van der Waals surface area contributed by atoms with Crippen LogP contribution in [0.1, 0.15) is 18.4 Å². The van der Waals surface area contributed by atoms with Crippen molar-refractivity contribution in [2.45, 2.75) is 18.3 Å². The van der Waals surface area contributed by atoms with Crippen LogP contribution in [0, 0.1) is 5.82 Å². The summed E-state index contributed by atoms with van der Waals surface area (Å²) in [6.45, 7) is 0. The molecule has 0 atom stereocenters. The Balaban J connectivity index is 2.31. The lowest BCUT2D eigenvalue weighted by Crippen LogP contribution is -2.34. The summed E-state index contributed by atoms with van der Waals surface area (Å²) in [5, 5.41) is 0. The third-order valence-electron chi connectivity index (χ3n) is 2.77. The number of carbonyl (C=O) groups is 1. The highest BCUT2D eigenvalue weighted by Crippen LogP contribution is 2.49. The molecular weight excluding hydrogens is 197 g/mol. The molecule has 80 valence electrons. The Morgan fingerprint density at radius 2 is 2.13 bits per heavy atom. The zero-order chi connectivity index (χ0) is 10.9. The van der Waals surface area contributed by atoms with Crippen LogP contribution in [0.2, 0.25) is 0 Å². The predicted octanol–water partition coefficient (Wildman–Crippen LogP) is 1.53. The summed E-state index contributed by atoms with van der Waals surface area (Å²) in [4.78, 5) is 16.2. The maximum absolute atomic E-state index is 13.5. The van der Waals surface area contributed by atoms with Crippen LogP contribution in [0.5, 0.6) is 0 Å². The minimum atomic E-state index is -0.707. The minimum absolute atomic E-state index is 0.268. The molecule has 0 radical (unpaired) electrons. The first-order valence-electron chi connectivity index (χ1n) is 4.79. The topological polar surface area (TPSA) is 38.3 Å². The van der Waals surface area contributed by atoms with Gasteiger partial charge in [0.15, 0.2) is 0 Å². The average molecular weight is 209 g/mol. The first-order valence-corrected chi connectivity index (χ1v) is 4.79. The van der Waals surface area contributed by atoms with E-state index < -0.39 is 5.41 Å². The summed E-state index contributed by atoms with van der Waals surface area (Å²) < 4.78 is 13.5. The van der Waals surface area contributed by atoms with Gasteiger partial charge in [0.25, 0.3) is 5.91 Å². The fourth-order valence-electron chi connectivity index (χ4n) is 1.78. The molecule has 0 aromatic heterocycles. The monoisotopic (exact) mass is 209 g/mol. The fourth-order valence-corrected chi connectivity index (χ4v) is 1.78. The molecule has 2 rings (SSSR count). The first-order chi connectivity index (χ1) is 7.20. The smallest absolute Gasteiger partial charge is 0.254 e. The predicted molar refractivity (Wildman–Crippen MR) is 52.5 cm³/mol. The van der Waals surface area contributed by atoms with Crippen LogP contribution in [0.4, 0.5) is 4.39 Å². The molecule has 1 amide bonds. The van der Waals surface area contributed by atoms with Crippen molar-refractivity contribution in [1.29, 1.82) is 0 Å². The highest BCUT2D eigenvalue weighted by molar-refractivity contribution is 5.90. The Labute approximate surface area is 87.2 Å². The van der Waals surface area contributed by atoms with Gasteiger partial charge in [0, 0.05) is 5.56 Å². The van der Waals surface area contributed by atoms with Crippen LogP contribution < -0.4 is 5.48 Å². The van der Waals surface area contributed by atoms with Crippen LogP contribution in [0.25, 0.3) is 0 Å². The second-order valence-corrected chi connectivity index (χ2v) is 3.70. The number of nitrogens with one attached hydrogen (secondary N) is 1. The molecule has 1 aliphatic rings. The maximum atomic E-state index is 13.5. The van der Waals surface area contributed by atoms with Gasteiger partial charge >= 0.3 is 0 Å². The van der Waals surface area contributed by atoms with E-state index >= 15 is 0 Å². The summed E-state index contributed by atoms with van der Waals surface area (Å²) in [5.74, 6) is -0.601. The number of halogens is 1. The van der Waals surface area contributed by atoms with Crippen molar-refractivity contribution in [2.24, 2.45) is 0 Å². The normalized spacial score (nSPS) is 17.2. The molecule has 15 heavy (non-hydrogen) atoms. The van der Waals surface area contributed by atoms with E-state index in [1.54, 1.807) is 18.2 Å². The molecule has 1 N–H and O–H groups in total. The zero-order valence-electron chi connectivity index (χ0n) is 8.42. The van der Waals surface area contributed by atoms with E-state index in [9.17, 15) is 9.18 Å². The molecule has 0 spiro atoms. The lowest BCUT2D eigenvalue weighted by molar-refractivity contribution is -0.134. The van der Waals surface area contributed by atoms with Gasteiger partial charge in [0.1, 0.15) is 5.82 Å². The summed E-state index contributed by atoms with van der Waals surface area (Å²) >= 11 is 0. The molecule has 0 saturated heterocycles. The Morgan fingerprint density at radius 3 is 2.67 bits per heavy atom. The van der Waals surface area contributed by atoms with Crippen LogP contribution in [0.3, 0.4) is 0 Å². The second-order valence-electron chi connectivity index (χ2n) is 3.70. The third-order valence-corrected chi connectivity index (χ3v) is 2.77. The molecule has 1 aliphatic carbocycles. The van der Waals surface area contributed by atoms with E-state index in [4.69, 9.17) is 0 Å². The summed E-state index contributed by atoms with van der Waals surface area (Å²) in [7, 11) is 1.37. The van der Waals surface area contributed by atoms with Crippen molar-refractivity contribution in [2.75, 3.05) is 7.11 Å². The Hall–Kier alpha value is -1.42. The van der Waals surface area contributed by atoms with Crippen molar-refractivity contribution in [3.63, 3.8) is 0 Å². The molecule has 0 bridgehead atoms. The Morgan fingerprint density at radius 1 is 1.47 bits per heavy atom. The molecule has 1 aromatic rings. The number of hydrogen-bond acceptors (Lipinski definition) is 2. The molecule has 3 nitrogen and oxygen atoms in total. The fraction of sp³-hybridized carbons (Fsp3) is 0.364. The van der Waals surface area contributed by atoms with E-state index in [1.165, 1.54) is 13.2 Å². The molecule has 0 unspecified atom stereocenters. The molecule has 1 aromatic carbocycles. The van der Waals surface area contributed by atoms with Gasteiger partial charge in [0.2, 0.25) is 0 Å². The lowest BCUT2D eigenvalue weighted by Gasteiger charge is -2.14. The van der Waals surface area contributed by atoms with Crippen molar-refractivity contribution >= 4 is 5.91 Å². The number of rotatable bonds is 3.